The van der Waals surface area contributed by atoms with E-state index in [0.29, 0.717) is 0 Å². The molecule has 1 aliphatic rings. The van der Waals surface area contributed by atoms with Gasteiger partial charge in [-0.25, -0.2) is 14.4 Å². The molecule has 0 aromatic heterocycles. The summed E-state index contributed by atoms with van der Waals surface area (Å²) in [7, 11) is 0. The van der Waals surface area contributed by atoms with Gasteiger partial charge in [0.15, 0.2) is 0 Å². The number of rotatable bonds is 10. The lowest BCUT2D eigenvalue weighted by Gasteiger charge is -2.26. The molecule has 2 aromatic carbocycles. The largest absolute Gasteiger partial charge is 0.480 e. The molecular weight excluding hydrogens is 530 g/mol. The second-order valence-corrected chi connectivity index (χ2v) is 11.7. The number of carboxylic acid groups (broad SMARTS) is 1. The van der Waals surface area contributed by atoms with Gasteiger partial charge >= 0.3 is 18.2 Å². The number of fused-ring (bicyclic) bond motifs is 3. The maximum atomic E-state index is 12.9. The van der Waals surface area contributed by atoms with Gasteiger partial charge in [-0.15, -0.1) is 0 Å². The smallest absolute Gasteiger partial charge is 0.408 e. The van der Waals surface area contributed by atoms with E-state index in [1.807, 2.05) is 48.5 Å². The van der Waals surface area contributed by atoms with Gasteiger partial charge in [0, 0.05) is 12.5 Å². The molecule has 11 heteroatoms. The molecule has 0 heterocycles. The quantitative estimate of drug-likeness (QED) is 0.337. The minimum Gasteiger partial charge on any atom is -0.480 e. The SMILES string of the molecule is CC(C)(C)OC[C@H](NC(=O)OC(C)(C)C)C(=O)NC[C@H](NC(=O)OCC1c2ccccc2-c2ccccc21)C(=O)O. The van der Waals surface area contributed by atoms with E-state index in [1.165, 1.54) is 0 Å². The molecule has 2 atom stereocenters. The lowest BCUT2D eigenvalue weighted by atomic mass is 9.98. The van der Waals surface area contributed by atoms with E-state index in [0.717, 1.165) is 22.3 Å². The Morgan fingerprint density at radius 1 is 0.805 bits per heavy atom. The van der Waals surface area contributed by atoms with Crippen molar-refractivity contribution in [1.82, 2.24) is 16.0 Å². The summed E-state index contributed by atoms with van der Waals surface area (Å²) in [4.78, 5) is 49.7. The first kappa shape index (κ1) is 31.4. The predicted octanol–water partition coefficient (Wildman–Crippen LogP) is 3.80. The first-order valence-corrected chi connectivity index (χ1v) is 13.4. The summed E-state index contributed by atoms with van der Waals surface area (Å²) >= 11 is 0. The van der Waals surface area contributed by atoms with Crippen LogP contribution in [0, 0.1) is 0 Å². The Bertz CT molecular complexity index is 1220. The second kappa shape index (κ2) is 13.0. The Kier molecular flexibility index (Phi) is 9.98. The van der Waals surface area contributed by atoms with Crippen LogP contribution >= 0.6 is 0 Å². The molecule has 0 saturated carbocycles. The van der Waals surface area contributed by atoms with Gasteiger partial charge in [0.1, 0.15) is 24.3 Å². The number of carboxylic acids is 1. The van der Waals surface area contributed by atoms with E-state index in [2.05, 4.69) is 16.0 Å². The molecule has 0 bridgehead atoms. The zero-order valence-corrected chi connectivity index (χ0v) is 24.3. The number of carbonyl (C=O) groups excluding carboxylic acids is 3. The number of hydrogen-bond acceptors (Lipinski definition) is 7. The van der Waals surface area contributed by atoms with E-state index in [4.69, 9.17) is 14.2 Å². The number of amides is 3. The highest BCUT2D eigenvalue weighted by atomic mass is 16.6. The fourth-order valence-corrected chi connectivity index (χ4v) is 4.27. The molecule has 2 aromatic rings. The average molecular weight is 570 g/mol. The fourth-order valence-electron chi connectivity index (χ4n) is 4.27. The van der Waals surface area contributed by atoms with Gasteiger partial charge in [-0.3, -0.25) is 4.79 Å². The summed E-state index contributed by atoms with van der Waals surface area (Å²) in [6.45, 7) is 9.76. The van der Waals surface area contributed by atoms with Crippen LogP contribution in [0.1, 0.15) is 58.6 Å². The van der Waals surface area contributed by atoms with Crippen molar-refractivity contribution in [2.75, 3.05) is 19.8 Å². The molecule has 41 heavy (non-hydrogen) atoms. The maximum absolute atomic E-state index is 12.9. The van der Waals surface area contributed by atoms with Crippen LogP contribution in [0.25, 0.3) is 11.1 Å². The van der Waals surface area contributed by atoms with Crippen LogP contribution in [0.4, 0.5) is 9.59 Å². The molecule has 0 unspecified atom stereocenters. The molecule has 0 radical (unpaired) electrons. The van der Waals surface area contributed by atoms with Gasteiger partial charge in [-0.1, -0.05) is 48.5 Å². The lowest BCUT2D eigenvalue weighted by Crippen LogP contribution is -2.55. The van der Waals surface area contributed by atoms with Crippen LogP contribution < -0.4 is 16.0 Å². The number of benzene rings is 2. The Morgan fingerprint density at radius 2 is 1.34 bits per heavy atom. The van der Waals surface area contributed by atoms with Gasteiger partial charge in [0.2, 0.25) is 5.91 Å². The van der Waals surface area contributed by atoms with Crippen molar-refractivity contribution in [2.24, 2.45) is 0 Å². The van der Waals surface area contributed by atoms with Crippen molar-refractivity contribution in [1.29, 1.82) is 0 Å². The molecule has 0 fully saturated rings. The van der Waals surface area contributed by atoms with Crippen LogP contribution in [0.3, 0.4) is 0 Å². The molecule has 3 rings (SSSR count). The zero-order valence-electron chi connectivity index (χ0n) is 24.3. The molecule has 4 N–H and O–H groups in total. The molecule has 222 valence electrons. The lowest BCUT2D eigenvalue weighted by molar-refractivity contribution is -0.139. The van der Waals surface area contributed by atoms with Crippen LogP contribution in [0.5, 0.6) is 0 Å². The first-order chi connectivity index (χ1) is 19.1. The highest BCUT2D eigenvalue weighted by Crippen LogP contribution is 2.44. The number of alkyl carbamates (subject to hydrolysis) is 2. The highest BCUT2D eigenvalue weighted by molar-refractivity contribution is 5.87. The molecule has 0 saturated heterocycles. The highest BCUT2D eigenvalue weighted by Gasteiger charge is 2.31. The molecule has 1 aliphatic carbocycles. The van der Waals surface area contributed by atoms with Gasteiger partial charge in [0.05, 0.1) is 12.2 Å². The number of aliphatic carboxylic acids is 1. The van der Waals surface area contributed by atoms with Crippen LogP contribution in [0.15, 0.2) is 48.5 Å². The van der Waals surface area contributed by atoms with E-state index in [9.17, 15) is 24.3 Å². The molecule has 11 nitrogen and oxygen atoms in total. The van der Waals surface area contributed by atoms with Gasteiger partial charge in [-0.05, 0) is 63.8 Å². The maximum Gasteiger partial charge on any atom is 0.408 e. The third-order valence-corrected chi connectivity index (χ3v) is 6.10. The third-order valence-electron chi connectivity index (χ3n) is 6.10. The van der Waals surface area contributed by atoms with Gasteiger partial charge < -0.3 is 35.3 Å². The van der Waals surface area contributed by atoms with E-state index in [-0.39, 0.29) is 19.1 Å². The van der Waals surface area contributed by atoms with Crippen molar-refractivity contribution in [3.05, 3.63) is 59.7 Å². The minimum atomic E-state index is -1.49. The summed E-state index contributed by atoms with van der Waals surface area (Å²) in [5.74, 6) is -2.28. The van der Waals surface area contributed by atoms with Gasteiger partial charge in [-0.2, -0.15) is 0 Å². The van der Waals surface area contributed by atoms with Crippen molar-refractivity contribution in [3.63, 3.8) is 0 Å². The Morgan fingerprint density at radius 3 is 1.85 bits per heavy atom. The molecule has 0 aliphatic heterocycles. The van der Waals surface area contributed by atoms with Crippen molar-refractivity contribution < 1.29 is 38.5 Å². The number of carbonyl (C=O) groups is 4. The summed E-state index contributed by atoms with van der Waals surface area (Å²) in [5.41, 5.74) is 2.76. The minimum absolute atomic E-state index is 0.00455. The molecular formula is C30H39N3O8. The van der Waals surface area contributed by atoms with Crippen LogP contribution in [-0.4, -0.2) is 72.2 Å². The second-order valence-electron chi connectivity index (χ2n) is 11.7. The summed E-state index contributed by atoms with van der Waals surface area (Å²) in [6, 6.07) is 13.0. The predicted molar refractivity (Wildman–Crippen MR) is 152 cm³/mol. The number of nitrogens with one attached hydrogen (secondary N) is 3. The van der Waals surface area contributed by atoms with Crippen molar-refractivity contribution >= 4 is 24.1 Å². The van der Waals surface area contributed by atoms with E-state index >= 15 is 0 Å². The Hall–Kier alpha value is -4.12. The third kappa shape index (κ3) is 9.21. The standard InChI is InChI=1S/C30H39N3O8/c1-29(2,3)40-17-24(33-28(38)41-30(4,5)6)25(34)31-15-23(26(35)36)32-27(37)39-16-22-20-13-9-7-11-18(20)19-12-8-10-14-21(19)22/h7-14,22-24H,15-17H2,1-6H3,(H,31,34)(H,32,37)(H,33,38)(H,35,36)/t23-,24-/m0/s1. The average Bonchev–Trinajstić information content (AvgIpc) is 3.19. The Labute approximate surface area is 239 Å². The van der Waals surface area contributed by atoms with E-state index in [1.54, 1.807) is 41.5 Å². The zero-order chi connectivity index (χ0) is 30.4. The number of ether oxygens (including phenoxy) is 3. The van der Waals surface area contributed by atoms with Crippen LogP contribution in [-0.2, 0) is 23.8 Å². The van der Waals surface area contributed by atoms with Crippen LogP contribution in [0.2, 0.25) is 0 Å². The fraction of sp³-hybridized carbons (Fsp3) is 0.467. The van der Waals surface area contributed by atoms with E-state index < -0.39 is 53.9 Å². The Balaban J connectivity index is 1.59. The first-order valence-electron chi connectivity index (χ1n) is 13.4. The monoisotopic (exact) mass is 569 g/mol. The topological polar surface area (TPSA) is 152 Å². The summed E-state index contributed by atoms with van der Waals surface area (Å²) < 4.78 is 16.3. The summed E-state index contributed by atoms with van der Waals surface area (Å²) in [5, 5.41) is 16.9. The molecule has 0 spiro atoms. The molecule has 3 amide bonds. The van der Waals surface area contributed by atoms with Crippen molar-refractivity contribution in [3.8, 4) is 11.1 Å². The summed E-state index contributed by atoms with van der Waals surface area (Å²) in [6.07, 6.45) is -1.77. The normalized spacial score (nSPS) is 14.2. The van der Waals surface area contributed by atoms with Gasteiger partial charge in [0.25, 0.3) is 0 Å². The number of hydrogen-bond donors (Lipinski definition) is 4. The van der Waals surface area contributed by atoms with Crippen molar-refractivity contribution in [2.45, 2.75) is 70.7 Å².